The highest BCUT2D eigenvalue weighted by Crippen LogP contribution is 2.25. The molecular formula is C17H16N2O5S. The van der Waals surface area contributed by atoms with E-state index in [2.05, 4.69) is 0 Å². The number of para-hydroxylation sites is 1. The van der Waals surface area contributed by atoms with E-state index in [9.17, 15) is 13.2 Å². The van der Waals surface area contributed by atoms with Crippen molar-refractivity contribution in [2.75, 3.05) is 13.1 Å². The van der Waals surface area contributed by atoms with Gasteiger partial charge in [-0.15, -0.1) is 0 Å². The van der Waals surface area contributed by atoms with E-state index in [1.54, 1.807) is 24.3 Å². The predicted molar refractivity (Wildman–Crippen MR) is 89.7 cm³/mol. The average molecular weight is 360 g/mol. The van der Waals surface area contributed by atoms with Crippen LogP contribution in [-0.4, -0.2) is 36.9 Å². The minimum absolute atomic E-state index is 0.0767. The van der Waals surface area contributed by atoms with Crippen molar-refractivity contribution in [1.82, 2.24) is 9.79 Å². The van der Waals surface area contributed by atoms with Gasteiger partial charge in [-0.3, -0.25) is 10.0 Å². The van der Waals surface area contributed by atoms with Crippen molar-refractivity contribution in [3.05, 3.63) is 66.2 Å². The van der Waals surface area contributed by atoms with Crippen LogP contribution in [0.15, 0.2) is 71.1 Å². The lowest BCUT2D eigenvalue weighted by molar-refractivity contribution is -0.125. The van der Waals surface area contributed by atoms with Crippen LogP contribution in [0, 0.1) is 0 Å². The Morgan fingerprint density at radius 2 is 1.68 bits per heavy atom. The highest BCUT2D eigenvalue weighted by atomic mass is 32.2. The number of hydrogen-bond acceptors (Lipinski definition) is 5. The summed E-state index contributed by atoms with van der Waals surface area (Å²) in [5.74, 6) is 0.468. The minimum atomic E-state index is -3.74. The Labute approximate surface area is 145 Å². The van der Waals surface area contributed by atoms with E-state index in [1.165, 1.54) is 23.7 Å². The van der Waals surface area contributed by atoms with Crippen LogP contribution in [0.1, 0.15) is 0 Å². The van der Waals surface area contributed by atoms with Crippen molar-refractivity contribution in [3.63, 3.8) is 0 Å². The first kappa shape index (κ1) is 17.2. The molecule has 0 aromatic heterocycles. The van der Waals surface area contributed by atoms with Crippen LogP contribution in [0.5, 0.6) is 11.5 Å². The van der Waals surface area contributed by atoms with E-state index in [0.29, 0.717) is 11.5 Å². The third-order valence-corrected chi connectivity index (χ3v) is 5.55. The Kier molecular flexibility index (Phi) is 4.84. The van der Waals surface area contributed by atoms with Crippen LogP contribution in [0.2, 0.25) is 0 Å². The maximum absolute atomic E-state index is 12.6. The van der Waals surface area contributed by atoms with E-state index in [0.717, 1.165) is 4.31 Å². The minimum Gasteiger partial charge on any atom is -0.457 e. The molecule has 0 saturated carbocycles. The molecule has 7 nitrogen and oxygen atoms in total. The standard InChI is InChI=1S/C17H16N2O5S/c20-17(18-21)13-10-11-19(12-13)25(22,23)16-8-6-15(7-9-16)24-14-4-2-1-3-5-14/h1-10,21H,11-12H2,(H,18,20). The molecule has 25 heavy (non-hydrogen) atoms. The molecule has 1 amide bonds. The van der Waals surface area contributed by atoms with Crippen molar-refractivity contribution in [3.8, 4) is 11.5 Å². The molecule has 0 atom stereocenters. The van der Waals surface area contributed by atoms with Gasteiger partial charge in [-0.25, -0.2) is 13.9 Å². The number of amides is 1. The third kappa shape index (κ3) is 3.71. The maximum atomic E-state index is 12.6. The third-order valence-electron chi connectivity index (χ3n) is 3.72. The lowest BCUT2D eigenvalue weighted by Gasteiger charge is -2.16. The van der Waals surface area contributed by atoms with Gasteiger partial charge in [0.25, 0.3) is 5.91 Å². The fourth-order valence-corrected chi connectivity index (χ4v) is 3.76. The summed E-state index contributed by atoms with van der Waals surface area (Å²) in [6, 6.07) is 15.2. The summed E-state index contributed by atoms with van der Waals surface area (Å²) >= 11 is 0. The molecule has 130 valence electrons. The number of sulfonamides is 1. The highest BCUT2D eigenvalue weighted by Gasteiger charge is 2.30. The van der Waals surface area contributed by atoms with Crippen LogP contribution in [-0.2, 0) is 14.8 Å². The van der Waals surface area contributed by atoms with Gasteiger partial charge >= 0.3 is 0 Å². The van der Waals surface area contributed by atoms with E-state index in [4.69, 9.17) is 9.94 Å². The lowest BCUT2D eigenvalue weighted by Crippen LogP contribution is -2.31. The first-order valence-corrected chi connectivity index (χ1v) is 8.91. The van der Waals surface area contributed by atoms with Gasteiger partial charge in [0.2, 0.25) is 10.0 Å². The van der Waals surface area contributed by atoms with Gasteiger partial charge in [0.05, 0.1) is 4.90 Å². The molecule has 1 aliphatic heterocycles. The number of benzene rings is 2. The molecule has 0 bridgehead atoms. The van der Waals surface area contributed by atoms with Crippen molar-refractivity contribution in [1.29, 1.82) is 0 Å². The van der Waals surface area contributed by atoms with Gasteiger partial charge in [-0.1, -0.05) is 24.3 Å². The summed E-state index contributed by atoms with van der Waals surface area (Å²) in [4.78, 5) is 11.5. The molecule has 0 unspecified atom stereocenters. The lowest BCUT2D eigenvalue weighted by atomic mass is 10.3. The molecule has 2 N–H and O–H groups in total. The second-order valence-corrected chi connectivity index (χ2v) is 7.29. The molecule has 8 heteroatoms. The number of nitrogens with one attached hydrogen (secondary N) is 1. The Morgan fingerprint density at radius 3 is 2.32 bits per heavy atom. The zero-order valence-corrected chi connectivity index (χ0v) is 13.9. The van der Waals surface area contributed by atoms with Crippen molar-refractivity contribution >= 4 is 15.9 Å². The Bertz CT molecular complexity index is 892. The molecule has 0 radical (unpaired) electrons. The van der Waals surface area contributed by atoms with Gasteiger partial charge in [0, 0.05) is 18.7 Å². The maximum Gasteiger partial charge on any atom is 0.271 e. The zero-order chi connectivity index (χ0) is 17.9. The molecule has 1 aliphatic rings. The Hall–Kier alpha value is -2.68. The van der Waals surface area contributed by atoms with Crippen LogP contribution in [0.3, 0.4) is 0 Å². The fraction of sp³-hybridized carbons (Fsp3) is 0.118. The molecule has 3 rings (SSSR count). The van der Waals surface area contributed by atoms with Crippen LogP contribution in [0.25, 0.3) is 0 Å². The number of carbonyl (C=O) groups excluding carboxylic acids is 1. The van der Waals surface area contributed by atoms with Gasteiger partial charge in [-0.2, -0.15) is 4.31 Å². The number of hydroxylamine groups is 1. The van der Waals surface area contributed by atoms with Crippen molar-refractivity contribution in [2.24, 2.45) is 0 Å². The molecule has 0 fully saturated rings. The van der Waals surface area contributed by atoms with Gasteiger partial charge < -0.3 is 4.74 Å². The second-order valence-electron chi connectivity index (χ2n) is 5.35. The van der Waals surface area contributed by atoms with Gasteiger partial charge in [0.15, 0.2) is 0 Å². The number of nitrogens with zero attached hydrogens (tertiary/aromatic N) is 1. The fourth-order valence-electron chi connectivity index (χ4n) is 2.40. The topological polar surface area (TPSA) is 95.9 Å². The number of carbonyl (C=O) groups is 1. The Balaban J connectivity index is 1.72. The number of ether oxygens (including phenoxy) is 1. The predicted octanol–water partition coefficient (Wildman–Crippen LogP) is 1.91. The summed E-state index contributed by atoms with van der Waals surface area (Å²) in [6.07, 6.45) is 1.47. The molecule has 0 spiro atoms. The van der Waals surface area contributed by atoms with Gasteiger partial charge in [0.1, 0.15) is 11.5 Å². The van der Waals surface area contributed by atoms with E-state index in [1.807, 2.05) is 18.2 Å². The van der Waals surface area contributed by atoms with Crippen molar-refractivity contribution < 1.29 is 23.2 Å². The zero-order valence-electron chi connectivity index (χ0n) is 13.1. The monoisotopic (exact) mass is 360 g/mol. The SMILES string of the molecule is O=C(NO)C1=CCN(S(=O)(=O)c2ccc(Oc3ccccc3)cc2)C1. The van der Waals surface area contributed by atoms with Crippen molar-refractivity contribution in [2.45, 2.75) is 4.90 Å². The molecule has 2 aromatic carbocycles. The normalized spacial score (nSPS) is 14.8. The smallest absolute Gasteiger partial charge is 0.271 e. The average Bonchev–Trinajstić information content (AvgIpc) is 3.13. The summed E-state index contributed by atoms with van der Waals surface area (Å²) in [7, 11) is -3.74. The summed E-state index contributed by atoms with van der Waals surface area (Å²) in [6.45, 7) is -0.00958. The summed E-state index contributed by atoms with van der Waals surface area (Å²) in [5.41, 5.74) is 1.71. The molecule has 1 heterocycles. The number of rotatable bonds is 5. The largest absolute Gasteiger partial charge is 0.457 e. The van der Waals surface area contributed by atoms with Crippen LogP contribution < -0.4 is 10.2 Å². The Morgan fingerprint density at radius 1 is 1.04 bits per heavy atom. The van der Waals surface area contributed by atoms with E-state index in [-0.39, 0.29) is 23.6 Å². The molecule has 0 saturated heterocycles. The van der Waals surface area contributed by atoms with Crippen LogP contribution in [0.4, 0.5) is 0 Å². The second kappa shape index (κ2) is 7.06. The van der Waals surface area contributed by atoms with E-state index < -0.39 is 15.9 Å². The molecule has 0 aliphatic carbocycles. The molecular weight excluding hydrogens is 344 g/mol. The highest BCUT2D eigenvalue weighted by molar-refractivity contribution is 7.89. The number of hydrogen-bond donors (Lipinski definition) is 2. The van der Waals surface area contributed by atoms with Gasteiger partial charge in [-0.05, 0) is 36.4 Å². The summed E-state index contributed by atoms with van der Waals surface area (Å²) in [5, 5.41) is 8.63. The summed E-state index contributed by atoms with van der Waals surface area (Å²) < 4.78 is 32.0. The van der Waals surface area contributed by atoms with E-state index >= 15 is 0 Å². The quantitative estimate of drug-likeness (QED) is 0.627. The van der Waals surface area contributed by atoms with Crippen LogP contribution >= 0.6 is 0 Å². The first-order chi connectivity index (χ1) is 12.0. The molecule has 2 aromatic rings. The first-order valence-electron chi connectivity index (χ1n) is 7.47.